The van der Waals surface area contributed by atoms with Gasteiger partial charge in [-0.05, 0) is 33.4 Å². The van der Waals surface area contributed by atoms with Crippen molar-refractivity contribution in [1.82, 2.24) is 4.90 Å². The predicted molar refractivity (Wildman–Crippen MR) is 43.3 cm³/mol. The predicted octanol–water partition coefficient (Wildman–Crippen LogP) is 0.806. The molecule has 0 spiro atoms. The van der Waals surface area contributed by atoms with E-state index in [0.717, 1.165) is 12.8 Å². The molecule has 62 valence electrons. The number of hydrogen-bond donors (Lipinski definition) is 0. The van der Waals surface area contributed by atoms with Crippen LogP contribution in [0.15, 0.2) is 4.99 Å². The van der Waals surface area contributed by atoms with Crippen molar-refractivity contribution in [1.29, 1.82) is 0 Å². The molecule has 0 heterocycles. The highest BCUT2D eigenvalue weighted by Gasteiger charge is 2.38. The molecule has 3 heteroatoms. The molecule has 0 N–H and O–H groups in total. The molecular formula is C8H14N2O. The Morgan fingerprint density at radius 1 is 1.55 bits per heavy atom. The topological polar surface area (TPSA) is 32.7 Å². The summed E-state index contributed by atoms with van der Waals surface area (Å²) in [6, 6.07) is 0. The molecule has 0 radical (unpaired) electrons. The highest BCUT2D eigenvalue weighted by Crippen LogP contribution is 2.36. The smallest absolute Gasteiger partial charge is 0.235 e. The lowest BCUT2D eigenvalue weighted by atomic mass is 9.76. The first kappa shape index (κ1) is 8.44. The Labute approximate surface area is 67.1 Å². The number of carbonyl (C=O) groups excluding carboxylic acids is 1. The van der Waals surface area contributed by atoms with Gasteiger partial charge in [0.15, 0.2) is 0 Å². The van der Waals surface area contributed by atoms with Crippen LogP contribution in [0.1, 0.15) is 19.3 Å². The Kier molecular flexibility index (Phi) is 2.42. The molecule has 0 aromatic heterocycles. The Hall–Kier alpha value is -0.660. The van der Waals surface area contributed by atoms with E-state index in [1.165, 1.54) is 6.42 Å². The van der Waals surface area contributed by atoms with E-state index in [9.17, 15) is 4.79 Å². The van der Waals surface area contributed by atoms with Gasteiger partial charge in [-0.3, -0.25) is 0 Å². The van der Waals surface area contributed by atoms with Gasteiger partial charge < -0.3 is 4.90 Å². The van der Waals surface area contributed by atoms with Crippen molar-refractivity contribution in [3.8, 4) is 0 Å². The van der Waals surface area contributed by atoms with Crippen molar-refractivity contribution in [2.45, 2.75) is 24.8 Å². The summed E-state index contributed by atoms with van der Waals surface area (Å²) in [5, 5.41) is 0. The molecular weight excluding hydrogens is 140 g/mol. The first-order chi connectivity index (χ1) is 5.21. The van der Waals surface area contributed by atoms with Crippen LogP contribution < -0.4 is 0 Å². The van der Waals surface area contributed by atoms with Crippen molar-refractivity contribution in [3.63, 3.8) is 0 Å². The molecule has 0 bridgehead atoms. The maximum absolute atomic E-state index is 9.90. The van der Waals surface area contributed by atoms with E-state index < -0.39 is 0 Å². The second-order valence-corrected chi connectivity index (χ2v) is 3.38. The number of hydrogen-bond acceptors (Lipinski definition) is 3. The van der Waals surface area contributed by atoms with E-state index in [1.54, 1.807) is 6.08 Å². The fraction of sp³-hybridized carbons (Fsp3) is 0.875. The highest BCUT2D eigenvalue weighted by molar-refractivity contribution is 5.33. The first-order valence-electron chi connectivity index (χ1n) is 3.92. The molecule has 0 amide bonds. The maximum Gasteiger partial charge on any atom is 0.235 e. The van der Waals surface area contributed by atoms with Crippen LogP contribution in [-0.2, 0) is 4.79 Å². The van der Waals surface area contributed by atoms with Crippen LogP contribution in [0.25, 0.3) is 0 Å². The summed E-state index contributed by atoms with van der Waals surface area (Å²) in [6.45, 7) is 0.615. The summed E-state index contributed by atoms with van der Waals surface area (Å²) in [7, 11) is 4.08. The largest absolute Gasteiger partial charge is 0.302 e. The van der Waals surface area contributed by atoms with Crippen molar-refractivity contribution >= 4 is 6.08 Å². The molecule has 0 atom stereocenters. The van der Waals surface area contributed by atoms with Gasteiger partial charge in [-0.25, -0.2) is 9.79 Å². The lowest BCUT2D eigenvalue weighted by Gasteiger charge is -2.45. The monoisotopic (exact) mass is 154 g/mol. The van der Waals surface area contributed by atoms with Gasteiger partial charge in [-0.1, -0.05) is 0 Å². The van der Waals surface area contributed by atoms with Crippen molar-refractivity contribution < 1.29 is 4.79 Å². The van der Waals surface area contributed by atoms with Crippen LogP contribution in [-0.4, -0.2) is 37.2 Å². The Bertz CT molecular complexity index is 179. The first-order valence-corrected chi connectivity index (χ1v) is 3.92. The van der Waals surface area contributed by atoms with Gasteiger partial charge in [0.2, 0.25) is 6.08 Å². The average Bonchev–Trinajstić information content (AvgIpc) is 1.85. The molecule has 11 heavy (non-hydrogen) atoms. The molecule has 0 aromatic carbocycles. The number of nitrogens with zero attached hydrogens (tertiary/aromatic N) is 2. The zero-order chi connectivity index (χ0) is 8.32. The molecule has 1 fully saturated rings. The fourth-order valence-electron chi connectivity index (χ4n) is 1.51. The summed E-state index contributed by atoms with van der Waals surface area (Å²) in [4.78, 5) is 15.7. The molecule has 1 aliphatic carbocycles. The normalized spacial score (nSPS) is 20.6. The third-order valence-electron chi connectivity index (χ3n) is 2.67. The van der Waals surface area contributed by atoms with Gasteiger partial charge in [-0.2, -0.15) is 0 Å². The fourth-order valence-corrected chi connectivity index (χ4v) is 1.51. The van der Waals surface area contributed by atoms with Gasteiger partial charge in [0.25, 0.3) is 0 Å². The maximum atomic E-state index is 9.90. The lowest BCUT2D eigenvalue weighted by molar-refractivity contribution is 0.0700. The molecule has 1 aliphatic rings. The second-order valence-electron chi connectivity index (χ2n) is 3.38. The van der Waals surface area contributed by atoms with Crippen LogP contribution in [0.3, 0.4) is 0 Å². The van der Waals surface area contributed by atoms with Gasteiger partial charge in [-0.15, -0.1) is 0 Å². The SMILES string of the molecule is CN(C)C1(CN=C=O)CCC1. The molecule has 0 aromatic rings. The number of isocyanates is 1. The summed E-state index contributed by atoms with van der Waals surface area (Å²) in [5.41, 5.74) is 0.178. The van der Waals surface area contributed by atoms with Crippen LogP contribution in [0.4, 0.5) is 0 Å². The number of aliphatic imine (C=N–C) groups is 1. The standard InChI is InChI=1S/C8H14N2O/c1-10(2)8(4-3-5-8)6-9-7-11/h3-6H2,1-2H3. The van der Waals surface area contributed by atoms with E-state index in [1.807, 2.05) is 14.1 Å². The summed E-state index contributed by atoms with van der Waals surface area (Å²) < 4.78 is 0. The molecule has 1 rings (SSSR count). The third-order valence-corrected chi connectivity index (χ3v) is 2.67. The van der Waals surface area contributed by atoms with Crippen molar-refractivity contribution in [2.24, 2.45) is 4.99 Å². The van der Waals surface area contributed by atoms with E-state index in [2.05, 4.69) is 9.89 Å². The number of rotatable bonds is 3. The molecule has 3 nitrogen and oxygen atoms in total. The number of likely N-dealkylation sites (N-methyl/N-ethyl adjacent to an activating group) is 1. The van der Waals surface area contributed by atoms with Gasteiger partial charge in [0.1, 0.15) is 0 Å². The van der Waals surface area contributed by atoms with E-state index >= 15 is 0 Å². The van der Waals surface area contributed by atoms with Gasteiger partial charge >= 0.3 is 0 Å². The van der Waals surface area contributed by atoms with Crippen LogP contribution >= 0.6 is 0 Å². The molecule has 0 unspecified atom stereocenters. The van der Waals surface area contributed by atoms with E-state index in [-0.39, 0.29) is 5.54 Å². The third kappa shape index (κ3) is 1.50. The quantitative estimate of drug-likeness (QED) is 0.445. The zero-order valence-corrected chi connectivity index (χ0v) is 7.13. The summed E-state index contributed by atoms with van der Waals surface area (Å²) in [6.07, 6.45) is 5.17. The molecule has 1 saturated carbocycles. The Morgan fingerprint density at radius 3 is 2.45 bits per heavy atom. The molecule has 0 aliphatic heterocycles. The minimum Gasteiger partial charge on any atom is -0.302 e. The Balaban J connectivity index is 2.53. The van der Waals surface area contributed by atoms with Gasteiger partial charge in [0, 0.05) is 5.54 Å². The molecule has 0 saturated heterocycles. The minimum atomic E-state index is 0.178. The second kappa shape index (κ2) is 3.16. The summed E-state index contributed by atoms with van der Waals surface area (Å²) in [5.74, 6) is 0. The zero-order valence-electron chi connectivity index (χ0n) is 7.13. The van der Waals surface area contributed by atoms with Crippen LogP contribution in [0.5, 0.6) is 0 Å². The van der Waals surface area contributed by atoms with Crippen molar-refractivity contribution in [2.75, 3.05) is 20.6 Å². The van der Waals surface area contributed by atoms with Crippen LogP contribution in [0.2, 0.25) is 0 Å². The van der Waals surface area contributed by atoms with Crippen LogP contribution in [0, 0.1) is 0 Å². The van der Waals surface area contributed by atoms with Gasteiger partial charge in [0.05, 0.1) is 6.54 Å². The van der Waals surface area contributed by atoms with E-state index in [0.29, 0.717) is 6.54 Å². The summed E-state index contributed by atoms with van der Waals surface area (Å²) >= 11 is 0. The minimum absolute atomic E-state index is 0.178. The average molecular weight is 154 g/mol. The lowest BCUT2D eigenvalue weighted by Crippen LogP contribution is -2.52. The Morgan fingerprint density at radius 2 is 2.18 bits per heavy atom. The van der Waals surface area contributed by atoms with E-state index in [4.69, 9.17) is 0 Å². The van der Waals surface area contributed by atoms with Crippen molar-refractivity contribution in [3.05, 3.63) is 0 Å². The highest BCUT2D eigenvalue weighted by atomic mass is 16.1.